The first-order chi connectivity index (χ1) is 18.0. The largest absolute Gasteiger partial charge is 0.393 e. The molecule has 4 N–H and O–H groups in total. The van der Waals surface area contributed by atoms with Gasteiger partial charge in [0.05, 0.1) is 33.5 Å². The number of carbonyl (C=O) groups excluding carboxylic acids is 1. The predicted molar refractivity (Wildman–Crippen MR) is 145 cm³/mol. The maximum absolute atomic E-state index is 13.6. The number of aliphatic hydroxyl groups is 1. The fraction of sp³-hybridized carbons (Fsp3) is 0.375. The van der Waals surface area contributed by atoms with E-state index in [0.717, 1.165) is 23.2 Å². The van der Waals surface area contributed by atoms with Crippen LogP contribution in [0.3, 0.4) is 0 Å². The van der Waals surface area contributed by atoms with Crippen molar-refractivity contribution in [3.05, 3.63) is 73.3 Å². The minimum absolute atomic E-state index is 0.130. The molecule has 0 spiro atoms. The number of aromatic nitrogens is 2. The van der Waals surface area contributed by atoms with Crippen LogP contribution in [0.5, 0.6) is 0 Å². The summed E-state index contributed by atoms with van der Waals surface area (Å²) in [6, 6.07) is 7.22. The van der Waals surface area contributed by atoms with Crippen molar-refractivity contribution in [3.63, 3.8) is 0 Å². The van der Waals surface area contributed by atoms with Crippen LogP contribution in [0.2, 0.25) is 9.36 Å². The smallest absolute Gasteiger partial charge is 0.333 e. The van der Waals surface area contributed by atoms with Gasteiger partial charge in [-0.25, -0.2) is 15.1 Å². The topological polar surface area (TPSA) is 148 Å². The Hall–Kier alpha value is -2.16. The molecule has 3 aromatic rings. The highest BCUT2D eigenvalue weighted by atomic mass is 35.5. The van der Waals surface area contributed by atoms with Crippen LogP contribution in [0, 0.1) is 5.92 Å². The molecular formula is C24H25Cl2N5O5S2. The van der Waals surface area contributed by atoms with Gasteiger partial charge < -0.3 is 10.4 Å². The van der Waals surface area contributed by atoms with Crippen LogP contribution in [0.4, 0.5) is 5.82 Å². The van der Waals surface area contributed by atoms with Gasteiger partial charge in [0.25, 0.3) is 0 Å². The molecule has 3 heterocycles. The number of ketones is 1. The Morgan fingerprint density at radius 1 is 1.29 bits per heavy atom. The number of hydrogen-bond acceptors (Lipinski definition) is 10. The van der Waals surface area contributed by atoms with E-state index in [9.17, 15) is 18.3 Å². The average Bonchev–Trinajstić information content (AvgIpc) is 3.50. The molecule has 1 aliphatic heterocycles. The summed E-state index contributed by atoms with van der Waals surface area (Å²) in [5.74, 6) is -0.410. The summed E-state index contributed by atoms with van der Waals surface area (Å²) in [6.45, 7) is 0.512. The molecule has 1 fully saturated rings. The second-order valence-electron chi connectivity index (χ2n) is 9.53. The molecule has 0 unspecified atom stereocenters. The van der Waals surface area contributed by atoms with Gasteiger partial charge in [-0.3, -0.25) is 13.9 Å². The maximum Gasteiger partial charge on any atom is 0.333 e. The number of nitrogens with zero attached hydrogens (tertiary/aromatic N) is 3. The first-order valence-electron chi connectivity index (χ1n) is 11.7. The monoisotopic (exact) mass is 597 g/mol. The van der Waals surface area contributed by atoms with E-state index in [0.29, 0.717) is 32.9 Å². The minimum Gasteiger partial charge on any atom is -0.393 e. The molecule has 2 aromatic heterocycles. The molecule has 5 rings (SSSR count). The number of rotatable bonds is 8. The second kappa shape index (κ2) is 10.8. The molecule has 0 saturated heterocycles. The number of fused-ring (bicyclic) bond motifs is 1. The van der Waals surface area contributed by atoms with Crippen LogP contribution >= 0.6 is 34.5 Å². The van der Waals surface area contributed by atoms with Crippen LogP contribution in [-0.4, -0.2) is 60.0 Å². The normalized spacial score (nSPS) is 23.5. The van der Waals surface area contributed by atoms with Crippen molar-refractivity contribution in [2.75, 3.05) is 19.0 Å². The van der Waals surface area contributed by atoms with Crippen molar-refractivity contribution >= 4 is 56.4 Å². The van der Waals surface area contributed by atoms with E-state index >= 15 is 0 Å². The lowest BCUT2D eigenvalue weighted by Gasteiger charge is -2.20. The number of nitrogens with two attached hydrogens (primary N) is 1. The summed E-state index contributed by atoms with van der Waals surface area (Å²) in [7, 11) is -2.11. The van der Waals surface area contributed by atoms with Crippen LogP contribution in [0.15, 0.2) is 36.8 Å². The molecule has 4 atom stereocenters. The third kappa shape index (κ3) is 5.73. The van der Waals surface area contributed by atoms with Crippen LogP contribution in [0.25, 0.3) is 0 Å². The fourth-order valence-corrected chi connectivity index (χ4v) is 6.99. The molecule has 0 bridgehead atoms. The van der Waals surface area contributed by atoms with Gasteiger partial charge in [0.2, 0.25) is 5.78 Å². The Kier molecular flexibility index (Phi) is 7.77. The number of halogens is 2. The zero-order valence-electron chi connectivity index (χ0n) is 20.2. The van der Waals surface area contributed by atoms with Crippen molar-refractivity contribution in [2.24, 2.45) is 11.1 Å². The van der Waals surface area contributed by atoms with Crippen molar-refractivity contribution in [3.8, 4) is 0 Å². The molecular weight excluding hydrogens is 573 g/mol. The zero-order valence-corrected chi connectivity index (χ0v) is 23.3. The number of benzene rings is 1. The van der Waals surface area contributed by atoms with Crippen molar-refractivity contribution in [1.29, 1.82) is 0 Å². The van der Waals surface area contributed by atoms with E-state index < -0.39 is 22.3 Å². The van der Waals surface area contributed by atoms with Crippen molar-refractivity contribution in [1.82, 2.24) is 14.9 Å². The van der Waals surface area contributed by atoms with Gasteiger partial charge in [-0.15, -0.1) is 11.3 Å². The molecule has 202 valence electrons. The van der Waals surface area contributed by atoms with Crippen LogP contribution < -0.4 is 10.5 Å². The predicted octanol–water partition coefficient (Wildman–Crippen LogP) is 3.38. The molecule has 1 saturated carbocycles. The Balaban J connectivity index is 1.36. The van der Waals surface area contributed by atoms with E-state index in [1.165, 1.54) is 23.9 Å². The first kappa shape index (κ1) is 27.4. The maximum atomic E-state index is 13.6. The number of nitrogens with one attached hydrogen (secondary N) is 1. The van der Waals surface area contributed by atoms with E-state index in [-0.39, 0.29) is 30.0 Å². The van der Waals surface area contributed by atoms with E-state index in [2.05, 4.69) is 24.4 Å². The quantitative estimate of drug-likeness (QED) is 0.332. The van der Waals surface area contributed by atoms with E-state index in [4.69, 9.17) is 28.3 Å². The molecule has 2 aliphatic rings. The lowest BCUT2D eigenvalue weighted by Crippen LogP contribution is -2.24. The van der Waals surface area contributed by atoms with E-state index in [1.807, 2.05) is 31.3 Å². The summed E-state index contributed by atoms with van der Waals surface area (Å²) in [4.78, 5) is 24.5. The Morgan fingerprint density at radius 2 is 2.08 bits per heavy atom. The van der Waals surface area contributed by atoms with Crippen molar-refractivity contribution < 1.29 is 22.5 Å². The Labute approximate surface area is 234 Å². The van der Waals surface area contributed by atoms with Gasteiger partial charge in [0, 0.05) is 35.3 Å². The average molecular weight is 599 g/mol. The van der Waals surface area contributed by atoms with E-state index in [1.54, 1.807) is 0 Å². The Morgan fingerprint density at radius 3 is 2.84 bits per heavy atom. The SMILES string of the molecule is CN1Cc2ccc(Cl)cc2[C@@H]1c1cc(C(=O)c2cncnc2N[C@@H]2C[C@H](COS(N)(=O)=O)[C@@H](O)C2)sc1Cl. The third-order valence-electron chi connectivity index (χ3n) is 6.90. The molecule has 0 radical (unpaired) electrons. The lowest BCUT2D eigenvalue weighted by atomic mass is 9.99. The Bertz CT molecular complexity index is 1480. The molecule has 14 heteroatoms. The van der Waals surface area contributed by atoms with Gasteiger partial charge in [0.1, 0.15) is 12.1 Å². The minimum atomic E-state index is -4.11. The molecule has 38 heavy (non-hydrogen) atoms. The second-order valence-corrected chi connectivity index (χ2v) is 12.8. The molecule has 0 amide bonds. The fourth-order valence-electron chi connectivity index (χ4n) is 5.17. The number of aliphatic hydroxyl groups excluding tert-OH is 1. The van der Waals surface area contributed by atoms with Gasteiger partial charge >= 0.3 is 10.3 Å². The number of anilines is 1. The number of hydrogen-bond donors (Lipinski definition) is 3. The third-order valence-corrected chi connectivity index (χ3v) is 8.98. The van der Waals surface area contributed by atoms with Crippen molar-refractivity contribution in [2.45, 2.75) is 37.6 Å². The summed E-state index contributed by atoms with van der Waals surface area (Å²) >= 11 is 14.1. The highest BCUT2D eigenvalue weighted by molar-refractivity contribution is 7.84. The van der Waals surface area contributed by atoms with Gasteiger partial charge in [-0.2, -0.15) is 8.42 Å². The highest BCUT2D eigenvalue weighted by Gasteiger charge is 2.36. The number of thiophene rings is 1. The standard InChI is InChI=1S/C24H25Cl2N5O5S2/c1-31-9-12-2-3-14(25)5-16(12)21(31)17-7-20(37-23(17)26)22(33)18-8-28-11-29-24(18)30-15-4-13(19(32)6-15)10-36-38(27,34)35/h2-3,5,7-8,11,13,15,19,21,32H,4,6,9-10H2,1H3,(H2,27,34,35)(H,28,29,30)/t13-,15-,19+,21-/m1/s1. The first-order valence-corrected chi connectivity index (χ1v) is 14.8. The molecule has 10 nitrogen and oxygen atoms in total. The van der Waals surface area contributed by atoms with Gasteiger partial charge in [0.15, 0.2) is 0 Å². The summed E-state index contributed by atoms with van der Waals surface area (Å²) in [5.41, 5.74) is 3.31. The zero-order chi connectivity index (χ0) is 27.2. The van der Waals surface area contributed by atoms with Gasteiger partial charge in [-0.05, 0) is 49.2 Å². The summed E-state index contributed by atoms with van der Waals surface area (Å²) in [5, 5.41) is 19.1. The summed E-state index contributed by atoms with van der Waals surface area (Å²) in [6.07, 6.45) is 2.69. The van der Waals surface area contributed by atoms with Gasteiger partial charge in [-0.1, -0.05) is 29.3 Å². The van der Waals surface area contributed by atoms with Crippen LogP contribution in [-0.2, 0) is 21.0 Å². The van der Waals surface area contributed by atoms with Crippen LogP contribution in [0.1, 0.15) is 50.8 Å². The number of carbonyl (C=O) groups is 1. The highest BCUT2D eigenvalue weighted by Crippen LogP contribution is 2.44. The molecule has 1 aromatic carbocycles. The molecule has 1 aliphatic carbocycles. The lowest BCUT2D eigenvalue weighted by molar-refractivity contribution is 0.101. The summed E-state index contributed by atoms with van der Waals surface area (Å²) < 4.78 is 27.4.